The molecule has 2 heterocycles. The molecule has 1 amide bonds. The molecule has 4 nitrogen and oxygen atoms in total. The van der Waals surface area contributed by atoms with Gasteiger partial charge in [0, 0.05) is 35.9 Å². The Morgan fingerprint density at radius 2 is 1.88 bits per heavy atom. The third kappa shape index (κ3) is 3.35. The molecule has 0 spiro atoms. The highest BCUT2D eigenvalue weighted by atomic mass is 19.1. The van der Waals surface area contributed by atoms with E-state index in [1.165, 1.54) is 12.1 Å². The number of benzene rings is 2. The number of amides is 1. The second-order valence-corrected chi connectivity index (χ2v) is 6.04. The molecule has 2 aromatic carbocycles. The van der Waals surface area contributed by atoms with Gasteiger partial charge in [-0.1, -0.05) is 12.1 Å². The van der Waals surface area contributed by atoms with Crippen LogP contribution in [0, 0.1) is 5.82 Å². The predicted octanol–water partition coefficient (Wildman–Crippen LogP) is 3.99. The van der Waals surface area contributed by atoms with Crippen molar-refractivity contribution in [3.05, 3.63) is 77.9 Å². The second kappa shape index (κ2) is 6.36. The van der Waals surface area contributed by atoms with Gasteiger partial charge >= 0.3 is 0 Å². The fraction of sp³-hybridized carbons (Fsp3) is 0.100. The van der Waals surface area contributed by atoms with Gasteiger partial charge in [-0.3, -0.25) is 9.78 Å². The van der Waals surface area contributed by atoms with Crippen LogP contribution in [0.15, 0.2) is 60.9 Å². The third-order valence-corrected chi connectivity index (χ3v) is 4.20. The summed E-state index contributed by atoms with van der Waals surface area (Å²) in [6.45, 7) is 0.591. The van der Waals surface area contributed by atoms with Crippen LogP contribution in [0.4, 0.5) is 15.8 Å². The summed E-state index contributed by atoms with van der Waals surface area (Å²) in [5.74, 6) is -0.222. The standard InChI is InChI=1S/C20H16FN3O/c21-17-3-5-18(6-4-17)23-11-13-7-16(12-22-10-13)14-1-2-15-9-20(25)24-19(15)8-14/h1-8,10,12,23H,9,11H2,(H,24,25). The lowest BCUT2D eigenvalue weighted by atomic mass is 10.0. The molecule has 1 aliphatic heterocycles. The summed E-state index contributed by atoms with van der Waals surface area (Å²) < 4.78 is 12.9. The Balaban J connectivity index is 1.52. The average Bonchev–Trinajstić information content (AvgIpc) is 3.00. The lowest BCUT2D eigenvalue weighted by Gasteiger charge is -2.09. The van der Waals surface area contributed by atoms with E-state index in [1.807, 2.05) is 18.2 Å². The molecule has 0 bridgehead atoms. The molecule has 25 heavy (non-hydrogen) atoms. The number of carbonyl (C=O) groups excluding carboxylic acids is 1. The lowest BCUT2D eigenvalue weighted by molar-refractivity contribution is -0.115. The summed E-state index contributed by atoms with van der Waals surface area (Å²) >= 11 is 0. The fourth-order valence-electron chi connectivity index (χ4n) is 2.91. The molecule has 1 aromatic heterocycles. The Labute approximate surface area is 144 Å². The van der Waals surface area contributed by atoms with Crippen LogP contribution in [0.1, 0.15) is 11.1 Å². The molecule has 0 fully saturated rings. The Hall–Kier alpha value is -3.21. The van der Waals surface area contributed by atoms with Crippen LogP contribution in [0.2, 0.25) is 0 Å². The van der Waals surface area contributed by atoms with Gasteiger partial charge in [-0.25, -0.2) is 4.39 Å². The number of rotatable bonds is 4. The van der Waals surface area contributed by atoms with Gasteiger partial charge in [0.2, 0.25) is 5.91 Å². The van der Waals surface area contributed by atoms with Crippen molar-refractivity contribution in [3.63, 3.8) is 0 Å². The minimum absolute atomic E-state index is 0.0301. The van der Waals surface area contributed by atoms with Gasteiger partial charge in [0.15, 0.2) is 0 Å². The topological polar surface area (TPSA) is 54.0 Å². The van der Waals surface area contributed by atoms with Crippen molar-refractivity contribution < 1.29 is 9.18 Å². The van der Waals surface area contributed by atoms with E-state index in [4.69, 9.17) is 0 Å². The zero-order chi connectivity index (χ0) is 17.2. The monoisotopic (exact) mass is 333 g/mol. The molecule has 1 aliphatic rings. The normalized spacial score (nSPS) is 12.6. The van der Waals surface area contributed by atoms with Crippen molar-refractivity contribution in [2.75, 3.05) is 10.6 Å². The first kappa shape index (κ1) is 15.3. The Bertz CT molecular complexity index is 938. The number of nitrogens with zero attached hydrogens (tertiary/aromatic N) is 1. The van der Waals surface area contributed by atoms with Crippen molar-refractivity contribution >= 4 is 17.3 Å². The van der Waals surface area contributed by atoms with Crippen molar-refractivity contribution in [1.29, 1.82) is 0 Å². The molecule has 3 aromatic rings. The summed E-state index contributed by atoms with van der Waals surface area (Å²) in [6.07, 6.45) is 4.05. The van der Waals surface area contributed by atoms with Crippen molar-refractivity contribution in [3.8, 4) is 11.1 Å². The number of carbonyl (C=O) groups is 1. The molecule has 4 rings (SSSR count). The molecule has 0 saturated carbocycles. The molecular weight excluding hydrogens is 317 g/mol. The van der Waals surface area contributed by atoms with Crippen molar-refractivity contribution in [2.24, 2.45) is 0 Å². The maximum Gasteiger partial charge on any atom is 0.228 e. The van der Waals surface area contributed by atoms with Crippen LogP contribution in [-0.2, 0) is 17.8 Å². The largest absolute Gasteiger partial charge is 0.381 e. The van der Waals surface area contributed by atoms with Gasteiger partial charge in [-0.2, -0.15) is 0 Å². The van der Waals surface area contributed by atoms with Gasteiger partial charge in [-0.05, 0) is 53.1 Å². The maximum absolute atomic E-state index is 12.9. The predicted molar refractivity (Wildman–Crippen MR) is 95.7 cm³/mol. The molecule has 0 saturated heterocycles. The molecular formula is C20H16FN3O. The Kier molecular flexibility index (Phi) is 3.90. The zero-order valence-electron chi connectivity index (χ0n) is 13.4. The van der Waals surface area contributed by atoms with Gasteiger partial charge < -0.3 is 10.6 Å². The van der Waals surface area contributed by atoms with E-state index in [1.54, 1.807) is 24.5 Å². The fourth-order valence-corrected chi connectivity index (χ4v) is 2.91. The van der Waals surface area contributed by atoms with Gasteiger partial charge in [0.25, 0.3) is 0 Å². The summed E-state index contributed by atoms with van der Waals surface area (Å²) in [7, 11) is 0. The number of fused-ring (bicyclic) bond motifs is 1. The minimum atomic E-state index is -0.252. The molecule has 0 atom stereocenters. The molecule has 0 radical (unpaired) electrons. The Morgan fingerprint density at radius 3 is 2.72 bits per heavy atom. The highest BCUT2D eigenvalue weighted by molar-refractivity contribution is 5.99. The van der Waals surface area contributed by atoms with Gasteiger partial charge in [0.1, 0.15) is 5.82 Å². The summed E-state index contributed by atoms with van der Waals surface area (Å²) in [5.41, 5.74) is 5.77. The third-order valence-electron chi connectivity index (χ3n) is 4.20. The van der Waals surface area contributed by atoms with Gasteiger partial charge in [0.05, 0.1) is 6.42 Å². The van der Waals surface area contributed by atoms with Crippen LogP contribution in [0.3, 0.4) is 0 Å². The number of anilines is 2. The SMILES string of the molecule is O=C1Cc2ccc(-c3cncc(CNc4ccc(F)cc4)c3)cc2N1. The van der Waals surface area contributed by atoms with E-state index < -0.39 is 0 Å². The van der Waals surface area contributed by atoms with E-state index in [0.717, 1.165) is 33.6 Å². The number of pyridine rings is 1. The van der Waals surface area contributed by atoms with Crippen LogP contribution in [0.5, 0.6) is 0 Å². The second-order valence-electron chi connectivity index (χ2n) is 6.04. The van der Waals surface area contributed by atoms with Crippen LogP contribution < -0.4 is 10.6 Å². The molecule has 0 unspecified atom stereocenters. The molecule has 0 aliphatic carbocycles. The first-order valence-corrected chi connectivity index (χ1v) is 8.04. The Morgan fingerprint density at radius 1 is 1.04 bits per heavy atom. The van der Waals surface area contributed by atoms with E-state index in [0.29, 0.717) is 13.0 Å². The van der Waals surface area contributed by atoms with Gasteiger partial charge in [-0.15, -0.1) is 0 Å². The molecule has 2 N–H and O–H groups in total. The van der Waals surface area contributed by atoms with E-state index in [-0.39, 0.29) is 11.7 Å². The number of aromatic nitrogens is 1. The average molecular weight is 333 g/mol. The maximum atomic E-state index is 12.9. The highest BCUT2D eigenvalue weighted by Crippen LogP contribution is 2.29. The number of hydrogen-bond acceptors (Lipinski definition) is 3. The van der Waals surface area contributed by atoms with E-state index in [9.17, 15) is 9.18 Å². The summed E-state index contributed by atoms with van der Waals surface area (Å²) in [6, 6.07) is 14.3. The first-order chi connectivity index (χ1) is 12.2. The van der Waals surface area contributed by atoms with E-state index in [2.05, 4.69) is 21.7 Å². The summed E-state index contributed by atoms with van der Waals surface area (Å²) in [4.78, 5) is 15.8. The molecule has 124 valence electrons. The zero-order valence-corrected chi connectivity index (χ0v) is 13.4. The van der Waals surface area contributed by atoms with Crippen LogP contribution >= 0.6 is 0 Å². The minimum Gasteiger partial charge on any atom is -0.381 e. The van der Waals surface area contributed by atoms with Crippen molar-refractivity contribution in [2.45, 2.75) is 13.0 Å². The first-order valence-electron chi connectivity index (χ1n) is 8.04. The van der Waals surface area contributed by atoms with Crippen LogP contribution in [0.25, 0.3) is 11.1 Å². The molecule has 5 heteroatoms. The smallest absolute Gasteiger partial charge is 0.228 e. The summed E-state index contributed by atoms with van der Waals surface area (Å²) in [5, 5.41) is 6.12. The van der Waals surface area contributed by atoms with E-state index >= 15 is 0 Å². The number of nitrogens with one attached hydrogen (secondary N) is 2. The quantitative estimate of drug-likeness (QED) is 0.759. The highest BCUT2D eigenvalue weighted by Gasteiger charge is 2.17. The number of hydrogen-bond donors (Lipinski definition) is 2. The van der Waals surface area contributed by atoms with Crippen LogP contribution in [-0.4, -0.2) is 10.9 Å². The lowest BCUT2D eigenvalue weighted by Crippen LogP contribution is -2.03. The van der Waals surface area contributed by atoms with Crippen molar-refractivity contribution in [1.82, 2.24) is 4.98 Å². The number of halogens is 1.